The molecule has 0 aromatic carbocycles. The summed E-state index contributed by atoms with van der Waals surface area (Å²) < 4.78 is 4.91. The van der Waals surface area contributed by atoms with Crippen LogP contribution < -0.4 is 0 Å². The van der Waals surface area contributed by atoms with E-state index in [4.69, 9.17) is 4.52 Å². The van der Waals surface area contributed by atoms with Gasteiger partial charge in [0.1, 0.15) is 12.3 Å². The largest absolute Gasteiger partial charge is 0.480 e. The van der Waals surface area contributed by atoms with Crippen LogP contribution in [-0.4, -0.2) is 63.2 Å². The van der Waals surface area contributed by atoms with Crippen LogP contribution in [0.25, 0.3) is 0 Å². The number of nitrogens with zero attached hydrogens (tertiary/aromatic N) is 3. The summed E-state index contributed by atoms with van der Waals surface area (Å²) in [6.07, 6.45) is 6.63. The fourth-order valence-electron chi connectivity index (χ4n) is 4.25. The molecule has 3 aliphatic rings. The minimum absolute atomic E-state index is 0.115. The highest BCUT2D eigenvalue weighted by Gasteiger charge is 2.49. The summed E-state index contributed by atoms with van der Waals surface area (Å²) in [5.74, 6) is -0.325. The molecule has 1 aliphatic carbocycles. The van der Waals surface area contributed by atoms with Gasteiger partial charge >= 0.3 is 5.97 Å². The molecule has 0 spiro atoms. The first kappa shape index (κ1) is 15.6. The molecule has 0 bridgehead atoms. The molecule has 0 radical (unpaired) electrons. The zero-order valence-electron chi connectivity index (χ0n) is 13.6. The third kappa shape index (κ3) is 2.81. The van der Waals surface area contributed by atoms with Crippen LogP contribution in [0.15, 0.2) is 16.9 Å². The van der Waals surface area contributed by atoms with Gasteiger partial charge in [0, 0.05) is 31.1 Å². The number of carboxylic acid groups (broad SMARTS) is 1. The molecule has 3 heterocycles. The summed E-state index contributed by atoms with van der Waals surface area (Å²) >= 11 is 0. The summed E-state index contributed by atoms with van der Waals surface area (Å²) in [4.78, 5) is 28.3. The van der Waals surface area contributed by atoms with Crippen LogP contribution in [-0.2, 0) is 9.59 Å². The van der Waals surface area contributed by atoms with E-state index in [-0.39, 0.29) is 18.0 Å². The fraction of sp³-hybridized carbons (Fsp3) is 0.706. The van der Waals surface area contributed by atoms with Crippen molar-refractivity contribution in [3.63, 3.8) is 0 Å². The normalized spacial score (nSPS) is 29.1. The molecule has 2 aliphatic heterocycles. The van der Waals surface area contributed by atoms with Crippen LogP contribution >= 0.6 is 0 Å². The molecular formula is C17H23N3O4. The molecular weight excluding hydrogens is 310 g/mol. The van der Waals surface area contributed by atoms with Crippen molar-refractivity contribution in [2.75, 3.05) is 13.1 Å². The van der Waals surface area contributed by atoms with Gasteiger partial charge in [-0.05, 0) is 38.5 Å². The summed E-state index contributed by atoms with van der Waals surface area (Å²) in [5.41, 5.74) is 0.966. The molecule has 7 heteroatoms. The number of piperidine rings is 1. The zero-order chi connectivity index (χ0) is 16.7. The Balaban J connectivity index is 1.40. The first-order valence-corrected chi connectivity index (χ1v) is 8.84. The number of likely N-dealkylation sites (tertiary alicyclic amines) is 2. The van der Waals surface area contributed by atoms with Crippen molar-refractivity contribution in [1.82, 2.24) is 15.0 Å². The molecule has 1 N–H and O–H groups in total. The summed E-state index contributed by atoms with van der Waals surface area (Å²) in [7, 11) is 0. The van der Waals surface area contributed by atoms with E-state index in [1.54, 1.807) is 6.26 Å². The molecule has 2 atom stereocenters. The van der Waals surface area contributed by atoms with E-state index in [1.807, 2.05) is 15.9 Å². The van der Waals surface area contributed by atoms with E-state index in [1.165, 1.54) is 0 Å². The lowest BCUT2D eigenvalue weighted by Crippen LogP contribution is -2.51. The third-order valence-corrected chi connectivity index (χ3v) is 5.65. The van der Waals surface area contributed by atoms with E-state index in [9.17, 15) is 14.7 Å². The van der Waals surface area contributed by atoms with Gasteiger partial charge in [-0.3, -0.25) is 14.5 Å². The SMILES string of the molecule is O=C(O)C1CCC(C(=O)N2CCC(c3ccon3)CC2)N1C1CC1. The molecule has 1 amide bonds. The average Bonchev–Trinajstić information content (AvgIpc) is 3.12. The van der Waals surface area contributed by atoms with E-state index in [0.717, 1.165) is 31.4 Å². The molecule has 1 aromatic heterocycles. The van der Waals surface area contributed by atoms with Gasteiger partial charge < -0.3 is 14.5 Å². The van der Waals surface area contributed by atoms with Gasteiger partial charge in [-0.15, -0.1) is 0 Å². The first-order chi connectivity index (χ1) is 11.6. The highest BCUT2D eigenvalue weighted by atomic mass is 16.5. The number of carbonyl (C=O) groups excluding carboxylic acids is 1. The topological polar surface area (TPSA) is 86.9 Å². The van der Waals surface area contributed by atoms with Crippen LogP contribution in [0.2, 0.25) is 0 Å². The Labute approximate surface area is 140 Å². The van der Waals surface area contributed by atoms with E-state index in [0.29, 0.717) is 31.8 Å². The number of aliphatic carboxylic acids is 1. The number of carbonyl (C=O) groups is 2. The van der Waals surface area contributed by atoms with E-state index >= 15 is 0 Å². The van der Waals surface area contributed by atoms with Crippen LogP contribution in [0.4, 0.5) is 0 Å². The smallest absolute Gasteiger partial charge is 0.320 e. The van der Waals surface area contributed by atoms with Gasteiger partial charge in [0.15, 0.2) is 0 Å². The third-order valence-electron chi connectivity index (χ3n) is 5.65. The van der Waals surface area contributed by atoms with Crippen molar-refractivity contribution in [3.05, 3.63) is 18.0 Å². The van der Waals surface area contributed by atoms with Crippen molar-refractivity contribution >= 4 is 11.9 Å². The molecule has 3 fully saturated rings. The summed E-state index contributed by atoms with van der Waals surface area (Å²) in [6.45, 7) is 1.42. The molecule has 7 nitrogen and oxygen atoms in total. The van der Waals surface area contributed by atoms with E-state index in [2.05, 4.69) is 5.16 Å². The second kappa shape index (κ2) is 6.20. The first-order valence-electron chi connectivity index (χ1n) is 8.84. The minimum atomic E-state index is -0.790. The van der Waals surface area contributed by atoms with Crippen molar-refractivity contribution in [3.8, 4) is 0 Å². The van der Waals surface area contributed by atoms with Crippen LogP contribution in [0, 0.1) is 0 Å². The number of hydrogen-bond acceptors (Lipinski definition) is 5. The Morgan fingerprint density at radius 2 is 1.79 bits per heavy atom. The standard InChI is InChI=1S/C17H23N3O4/c21-16(14-3-4-15(17(22)23)20(14)12-1-2-12)19-8-5-11(6-9-19)13-7-10-24-18-13/h7,10-12,14-15H,1-6,8-9H2,(H,22,23). The molecule has 4 rings (SSSR count). The predicted molar refractivity (Wildman–Crippen MR) is 84.4 cm³/mol. The maximum atomic E-state index is 13.0. The highest BCUT2D eigenvalue weighted by Crippen LogP contribution is 2.38. The lowest BCUT2D eigenvalue weighted by Gasteiger charge is -2.35. The molecule has 130 valence electrons. The lowest BCUT2D eigenvalue weighted by atomic mass is 9.93. The highest BCUT2D eigenvalue weighted by molar-refractivity contribution is 5.84. The van der Waals surface area contributed by atoms with Gasteiger partial charge in [0.2, 0.25) is 5.91 Å². The second-order valence-corrected chi connectivity index (χ2v) is 7.15. The molecule has 1 aromatic rings. The zero-order valence-corrected chi connectivity index (χ0v) is 13.6. The second-order valence-electron chi connectivity index (χ2n) is 7.15. The van der Waals surface area contributed by atoms with Crippen molar-refractivity contribution in [2.24, 2.45) is 0 Å². The van der Waals surface area contributed by atoms with Crippen molar-refractivity contribution in [2.45, 2.75) is 62.6 Å². The van der Waals surface area contributed by atoms with Gasteiger partial charge in [-0.2, -0.15) is 0 Å². The Morgan fingerprint density at radius 1 is 1.08 bits per heavy atom. The fourth-order valence-corrected chi connectivity index (χ4v) is 4.25. The maximum absolute atomic E-state index is 13.0. The van der Waals surface area contributed by atoms with Crippen LogP contribution in [0.1, 0.15) is 50.1 Å². The predicted octanol–water partition coefficient (Wildman–Crippen LogP) is 1.46. The number of hydrogen-bond donors (Lipinski definition) is 1. The van der Waals surface area contributed by atoms with E-state index < -0.39 is 12.0 Å². The van der Waals surface area contributed by atoms with Crippen molar-refractivity contribution < 1.29 is 19.2 Å². The Morgan fingerprint density at radius 3 is 2.38 bits per heavy atom. The quantitative estimate of drug-likeness (QED) is 0.898. The Kier molecular flexibility index (Phi) is 4.04. The number of rotatable bonds is 4. The molecule has 2 unspecified atom stereocenters. The monoisotopic (exact) mass is 333 g/mol. The van der Waals surface area contributed by atoms with Crippen LogP contribution in [0.3, 0.4) is 0 Å². The van der Waals surface area contributed by atoms with Crippen LogP contribution in [0.5, 0.6) is 0 Å². The van der Waals surface area contributed by atoms with Crippen molar-refractivity contribution in [1.29, 1.82) is 0 Å². The number of aromatic nitrogens is 1. The van der Waals surface area contributed by atoms with Gasteiger partial charge in [0.25, 0.3) is 0 Å². The van der Waals surface area contributed by atoms with Gasteiger partial charge in [-0.1, -0.05) is 5.16 Å². The summed E-state index contributed by atoms with van der Waals surface area (Å²) in [6, 6.07) is 1.45. The minimum Gasteiger partial charge on any atom is -0.480 e. The molecule has 24 heavy (non-hydrogen) atoms. The average molecular weight is 333 g/mol. The van der Waals surface area contributed by atoms with Gasteiger partial charge in [-0.25, -0.2) is 0 Å². The Hall–Kier alpha value is -1.89. The van der Waals surface area contributed by atoms with Gasteiger partial charge in [0.05, 0.1) is 11.7 Å². The number of amides is 1. The lowest BCUT2D eigenvalue weighted by molar-refractivity contribution is -0.145. The number of carboxylic acids is 1. The molecule has 2 saturated heterocycles. The summed E-state index contributed by atoms with van der Waals surface area (Å²) in [5, 5.41) is 13.4. The maximum Gasteiger partial charge on any atom is 0.320 e. The Bertz CT molecular complexity index is 605. The molecule has 1 saturated carbocycles.